The van der Waals surface area contributed by atoms with Crippen LogP contribution in [0.1, 0.15) is 0 Å². The van der Waals surface area contributed by atoms with Crippen molar-refractivity contribution < 1.29 is 30.5 Å². The molecule has 1 rings (SSSR count). The number of methoxy groups -OCH3 is 1. The van der Waals surface area contributed by atoms with Crippen LogP contribution in [0.2, 0.25) is 0 Å². The molecule has 4 nitrogen and oxygen atoms in total. The van der Waals surface area contributed by atoms with Crippen LogP contribution in [0.4, 0.5) is 13.2 Å². The molecule has 0 saturated carbocycles. The fourth-order valence-corrected chi connectivity index (χ4v) is 1.74. The van der Waals surface area contributed by atoms with Gasteiger partial charge in [-0.2, -0.15) is 21.6 Å². The van der Waals surface area contributed by atoms with Gasteiger partial charge in [0.15, 0.2) is 5.75 Å². The van der Waals surface area contributed by atoms with Crippen molar-refractivity contribution in [3.8, 4) is 11.5 Å². The third-order valence-electron chi connectivity index (χ3n) is 1.62. The largest absolute Gasteiger partial charge is 0.534 e. The van der Waals surface area contributed by atoms with Crippen LogP contribution in [0, 0.1) is 0 Å². The standard InChI is InChI=1S/C8H6BrF3O4S/c1-15-5-2-3-6(9)7(4-5)16-17(13,14)8(10,11)12/h2-4H,1H3. The Morgan fingerprint density at radius 2 is 1.88 bits per heavy atom. The molecule has 0 atom stereocenters. The van der Waals surface area contributed by atoms with Gasteiger partial charge in [0.05, 0.1) is 11.6 Å². The summed E-state index contributed by atoms with van der Waals surface area (Å²) in [5, 5.41) is 0. The number of ether oxygens (including phenoxy) is 1. The first kappa shape index (κ1) is 14.1. The molecular weight excluding hydrogens is 329 g/mol. The highest BCUT2D eigenvalue weighted by molar-refractivity contribution is 9.10. The van der Waals surface area contributed by atoms with Crippen LogP contribution in [-0.2, 0) is 10.1 Å². The van der Waals surface area contributed by atoms with Crippen LogP contribution in [0.5, 0.6) is 11.5 Å². The molecule has 17 heavy (non-hydrogen) atoms. The van der Waals surface area contributed by atoms with E-state index in [-0.39, 0.29) is 10.2 Å². The van der Waals surface area contributed by atoms with Crippen molar-refractivity contribution in [2.24, 2.45) is 0 Å². The lowest BCUT2D eigenvalue weighted by atomic mass is 10.3. The minimum Gasteiger partial charge on any atom is -0.497 e. The van der Waals surface area contributed by atoms with Crippen molar-refractivity contribution in [3.05, 3.63) is 22.7 Å². The Balaban J connectivity index is 3.12. The summed E-state index contributed by atoms with van der Waals surface area (Å²) in [6.45, 7) is 0. The summed E-state index contributed by atoms with van der Waals surface area (Å²) in [6.07, 6.45) is 0. The van der Waals surface area contributed by atoms with Gasteiger partial charge in [-0.3, -0.25) is 0 Å². The molecule has 0 radical (unpaired) electrons. The van der Waals surface area contributed by atoms with E-state index in [0.717, 1.165) is 6.07 Å². The molecule has 0 N–H and O–H groups in total. The van der Waals surface area contributed by atoms with Crippen LogP contribution >= 0.6 is 15.9 Å². The lowest BCUT2D eigenvalue weighted by Crippen LogP contribution is -2.28. The van der Waals surface area contributed by atoms with Crippen molar-refractivity contribution in [1.82, 2.24) is 0 Å². The number of halogens is 4. The minimum atomic E-state index is -5.68. The molecule has 1 aromatic rings. The molecule has 0 saturated heterocycles. The first-order chi connectivity index (χ1) is 7.67. The van der Waals surface area contributed by atoms with Crippen molar-refractivity contribution in [1.29, 1.82) is 0 Å². The Hall–Kier alpha value is -0.960. The maximum Gasteiger partial charge on any atom is 0.534 e. The molecule has 0 aliphatic heterocycles. The van der Waals surface area contributed by atoms with Gasteiger partial charge in [-0.05, 0) is 28.1 Å². The second kappa shape index (κ2) is 4.73. The Bertz CT molecular complexity index is 512. The third kappa shape index (κ3) is 3.25. The van der Waals surface area contributed by atoms with Crippen molar-refractivity contribution in [2.45, 2.75) is 5.51 Å². The first-order valence-electron chi connectivity index (χ1n) is 4.01. The van der Waals surface area contributed by atoms with E-state index in [2.05, 4.69) is 20.1 Å². The van der Waals surface area contributed by atoms with Gasteiger partial charge in [0.1, 0.15) is 5.75 Å². The molecule has 0 aliphatic carbocycles. The van der Waals surface area contributed by atoms with E-state index in [0.29, 0.717) is 0 Å². The van der Waals surface area contributed by atoms with Gasteiger partial charge in [-0.15, -0.1) is 0 Å². The Labute approximate surface area is 104 Å². The molecular formula is C8H6BrF3O4S. The number of benzene rings is 1. The summed E-state index contributed by atoms with van der Waals surface area (Å²) < 4.78 is 66.5. The van der Waals surface area contributed by atoms with Gasteiger partial charge < -0.3 is 8.92 Å². The zero-order chi connectivity index (χ0) is 13.3. The minimum absolute atomic E-state index is 0.0612. The van der Waals surface area contributed by atoms with Gasteiger partial charge in [-0.1, -0.05) is 0 Å². The molecule has 9 heteroatoms. The normalized spacial score (nSPS) is 12.3. The highest BCUT2D eigenvalue weighted by Gasteiger charge is 2.48. The number of hydrogen-bond donors (Lipinski definition) is 0. The molecule has 96 valence electrons. The zero-order valence-electron chi connectivity index (χ0n) is 8.29. The Morgan fingerprint density at radius 1 is 1.29 bits per heavy atom. The van der Waals surface area contributed by atoms with E-state index in [4.69, 9.17) is 4.74 Å². The SMILES string of the molecule is COc1ccc(Br)c(OS(=O)(=O)C(F)(F)F)c1. The highest BCUT2D eigenvalue weighted by Crippen LogP contribution is 2.33. The first-order valence-corrected chi connectivity index (χ1v) is 6.22. The highest BCUT2D eigenvalue weighted by atomic mass is 79.9. The summed E-state index contributed by atoms with van der Waals surface area (Å²) in [4.78, 5) is 0. The van der Waals surface area contributed by atoms with Gasteiger partial charge in [0.25, 0.3) is 0 Å². The quantitative estimate of drug-likeness (QED) is 0.630. The summed E-state index contributed by atoms with van der Waals surface area (Å²) in [5.41, 5.74) is -5.48. The zero-order valence-corrected chi connectivity index (χ0v) is 10.7. The van der Waals surface area contributed by atoms with E-state index < -0.39 is 21.4 Å². The van der Waals surface area contributed by atoms with Gasteiger partial charge in [0, 0.05) is 6.07 Å². The fraction of sp³-hybridized carbons (Fsp3) is 0.250. The topological polar surface area (TPSA) is 52.6 Å². The van der Waals surface area contributed by atoms with Crippen LogP contribution < -0.4 is 8.92 Å². The van der Waals surface area contributed by atoms with Gasteiger partial charge in [-0.25, -0.2) is 0 Å². The van der Waals surface area contributed by atoms with Crippen LogP contribution in [-0.4, -0.2) is 21.0 Å². The van der Waals surface area contributed by atoms with Crippen molar-refractivity contribution >= 4 is 26.0 Å². The molecule has 0 heterocycles. The van der Waals surface area contributed by atoms with E-state index in [1.54, 1.807) is 0 Å². The van der Waals surface area contributed by atoms with Gasteiger partial charge >= 0.3 is 15.6 Å². The predicted octanol–water partition coefficient (Wildman–Crippen LogP) is 2.69. The number of rotatable bonds is 3. The Morgan fingerprint density at radius 3 is 2.35 bits per heavy atom. The van der Waals surface area contributed by atoms with Crippen LogP contribution in [0.3, 0.4) is 0 Å². The second-order valence-corrected chi connectivity index (χ2v) is 5.17. The maximum absolute atomic E-state index is 12.1. The molecule has 0 bridgehead atoms. The molecule has 0 fully saturated rings. The Kier molecular flexibility index (Phi) is 3.92. The average Bonchev–Trinajstić information content (AvgIpc) is 2.19. The molecule has 1 aromatic carbocycles. The monoisotopic (exact) mass is 334 g/mol. The summed E-state index contributed by atoms with van der Waals surface area (Å²) in [6, 6.07) is 3.75. The van der Waals surface area contributed by atoms with Crippen molar-refractivity contribution in [2.75, 3.05) is 7.11 Å². The summed E-state index contributed by atoms with van der Waals surface area (Å²) >= 11 is 2.87. The molecule has 0 unspecified atom stereocenters. The van der Waals surface area contributed by atoms with E-state index in [9.17, 15) is 21.6 Å². The third-order valence-corrected chi connectivity index (χ3v) is 3.24. The fourth-order valence-electron chi connectivity index (χ4n) is 0.840. The summed E-state index contributed by atoms with van der Waals surface area (Å²) in [7, 11) is -4.40. The van der Waals surface area contributed by atoms with E-state index >= 15 is 0 Å². The molecule has 0 spiro atoms. The van der Waals surface area contributed by atoms with E-state index in [1.807, 2.05) is 0 Å². The van der Waals surface area contributed by atoms with Crippen molar-refractivity contribution in [3.63, 3.8) is 0 Å². The molecule has 0 aromatic heterocycles. The number of alkyl halides is 3. The molecule has 0 aliphatic rings. The lowest BCUT2D eigenvalue weighted by molar-refractivity contribution is -0.0500. The van der Waals surface area contributed by atoms with Crippen LogP contribution in [0.15, 0.2) is 22.7 Å². The predicted molar refractivity (Wildman–Crippen MR) is 56.3 cm³/mol. The van der Waals surface area contributed by atoms with Crippen LogP contribution in [0.25, 0.3) is 0 Å². The lowest BCUT2D eigenvalue weighted by Gasteiger charge is -2.11. The smallest absolute Gasteiger partial charge is 0.497 e. The maximum atomic E-state index is 12.1. The number of hydrogen-bond acceptors (Lipinski definition) is 4. The van der Waals surface area contributed by atoms with Gasteiger partial charge in [0.2, 0.25) is 0 Å². The van der Waals surface area contributed by atoms with E-state index in [1.165, 1.54) is 19.2 Å². The molecule has 0 amide bonds. The average molecular weight is 335 g/mol. The second-order valence-electron chi connectivity index (χ2n) is 2.78. The summed E-state index contributed by atoms with van der Waals surface area (Å²) in [5.74, 6) is -0.331.